The van der Waals surface area contributed by atoms with Crippen molar-refractivity contribution in [2.75, 3.05) is 6.61 Å². The Hall–Kier alpha value is -2.88. The number of rotatable bonds is 13. The van der Waals surface area contributed by atoms with E-state index < -0.39 is 29.6 Å². The standard InChI is InChI=1S/C22H24O8S/c23-19(24)18(22(29,20(25)26)21(27)28)30-14-6-2-3-7-15-10-12-17(13-11-15)31-16-8-4-1-5-9-16/h1,4-5,8-13,18,29H,2-3,6-7,14H2,(H,23,24)(H,25,26)(H,27,28). The first-order chi connectivity index (χ1) is 14.7. The highest BCUT2D eigenvalue weighted by atomic mass is 32.2. The highest BCUT2D eigenvalue weighted by Crippen LogP contribution is 2.27. The Labute approximate surface area is 183 Å². The number of hydrogen-bond donors (Lipinski definition) is 4. The quantitative estimate of drug-likeness (QED) is 0.269. The fourth-order valence-electron chi connectivity index (χ4n) is 2.84. The van der Waals surface area contributed by atoms with Gasteiger partial charge < -0.3 is 25.2 Å². The predicted molar refractivity (Wildman–Crippen MR) is 112 cm³/mol. The van der Waals surface area contributed by atoms with E-state index in [2.05, 4.69) is 0 Å². The normalized spacial score (nSPS) is 12.3. The van der Waals surface area contributed by atoms with Gasteiger partial charge in [0, 0.05) is 16.4 Å². The lowest BCUT2D eigenvalue weighted by Crippen LogP contribution is -2.60. The van der Waals surface area contributed by atoms with Gasteiger partial charge in [-0.3, -0.25) is 0 Å². The number of ether oxygens (including phenoxy) is 1. The Morgan fingerprint density at radius 2 is 1.42 bits per heavy atom. The molecule has 0 aliphatic heterocycles. The zero-order valence-corrected chi connectivity index (χ0v) is 17.5. The second kappa shape index (κ2) is 11.5. The van der Waals surface area contributed by atoms with Crippen LogP contribution in [0.3, 0.4) is 0 Å². The molecule has 0 aromatic heterocycles. The number of carboxylic acid groups (broad SMARTS) is 3. The number of hydrogen-bond acceptors (Lipinski definition) is 6. The average Bonchev–Trinajstić information content (AvgIpc) is 2.74. The smallest absolute Gasteiger partial charge is 0.351 e. The van der Waals surface area contributed by atoms with Crippen LogP contribution in [0.25, 0.3) is 0 Å². The molecule has 166 valence electrons. The molecule has 0 fully saturated rings. The van der Waals surface area contributed by atoms with Gasteiger partial charge in [0.05, 0.1) is 0 Å². The van der Waals surface area contributed by atoms with Crippen molar-refractivity contribution in [3.8, 4) is 0 Å². The number of carbonyl (C=O) groups is 3. The van der Waals surface area contributed by atoms with E-state index in [9.17, 15) is 19.5 Å². The van der Waals surface area contributed by atoms with Crippen LogP contribution in [0.2, 0.25) is 0 Å². The van der Waals surface area contributed by atoms with Gasteiger partial charge in [-0.1, -0.05) is 48.5 Å². The minimum Gasteiger partial charge on any atom is -0.479 e. The number of unbranched alkanes of at least 4 members (excludes halogenated alkanes) is 2. The van der Waals surface area contributed by atoms with Crippen molar-refractivity contribution in [3.05, 3.63) is 60.2 Å². The third-order valence-electron chi connectivity index (χ3n) is 4.55. The molecule has 2 aromatic carbocycles. The molecule has 0 saturated carbocycles. The molecule has 1 atom stereocenters. The highest BCUT2D eigenvalue weighted by Gasteiger charge is 2.56. The Morgan fingerprint density at radius 1 is 0.839 bits per heavy atom. The molecule has 0 spiro atoms. The summed E-state index contributed by atoms with van der Waals surface area (Å²) in [6, 6.07) is 18.2. The fourth-order valence-corrected chi connectivity index (χ4v) is 3.68. The van der Waals surface area contributed by atoms with Crippen molar-refractivity contribution in [3.63, 3.8) is 0 Å². The first-order valence-corrected chi connectivity index (χ1v) is 10.4. The molecule has 1 unspecified atom stereocenters. The third kappa shape index (κ3) is 6.81. The summed E-state index contributed by atoms with van der Waals surface area (Å²) in [5.74, 6) is -6.25. The van der Waals surface area contributed by atoms with Gasteiger partial charge in [-0.25, -0.2) is 14.4 Å². The van der Waals surface area contributed by atoms with E-state index in [-0.39, 0.29) is 6.61 Å². The molecule has 0 aliphatic rings. The van der Waals surface area contributed by atoms with Crippen molar-refractivity contribution < 1.29 is 39.5 Å². The van der Waals surface area contributed by atoms with E-state index in [1.54, 1.807) is 11.8 Å². The summed E-state index contributed by atoms with van der Waals surface area (Å²) in [6.07, 6.45) is 0.227. The van der Waals surface area contributed by atoms with Gasteiger partial charge in [0.15, 0.2) is 0 Å². The molecule has 0 saturated heterocycles. The van der Waals surface area contributed by atoms with Crippen LogP contribution in [0.5, 0.6) is 0 Å². The monoisotopic (exact) mass is 448 g/mol. The molecule has 0 heterocycles. The van der Waals surface area contributed by atoms with Gasteiger partial charge in [-0.05, 0) is 49.1 Å². The second-order valence-corrected chi connectivity index (χ2v) is 7.98. The van der Waals surface area contributed by atoms with E-state index >= 15 is 0 Å². The molecule has 8 nitrogen and oxygen atoms in total. The molecule has 0 amide bonds. The van der Waals surface area contributed by atoms with Crippen LogP contribution >= 0.6 is 11.8 Å². The number of aliphatic hydroxyl groups is 1. The van der Waals surface area contributed by atoms with Crippen LogP contribution in [0.1, 0.15) is 24.8 Å². The Balaban J connectivity index is 1.75. The summed E-state index contributed by atoms with van der Waals surface area (Å²) in [5, 5.41) is 36.6. The lowest BCUT2D eigenvalue weighted by molar-refractivity contribution is -0.201. The Morgan fingerprint density at radius 3 is 1.97 bits per heavy atom. The van der Waals surface area contributed by atoms with Crippen molar-refractivity contribution in [2.24, 2.45) is 0 Å². The maximum atomic E-state index is 11.2. The van der Waals surface area contributed by atoms with Crippen LogP contribution in [-0.2, 0) is 25.5 Å². The Bertz CT molecular complexity index is 868. The molecule has 31 heavy (non-hydrogen) atoms. The molecule has 0 aliphatic carbocycles. The first-order valence-electron chi connectivity index (χ1n) is 9.60. The van der Waals surface area contributed by atoms with Crippen LogP contribution in [0, 0.1) is 0 Å². The van der Waals surface area contributed by atoms with E-state index in [1.807, 2.05) is 54.6 Å². The molecule has 0 bridgehead atoms. The van der Waals surface area contributed by atoms with Crippen LogP contribution in [-0.4, -0.2) is 56.6 Å². The Kier molecular flexibility index (Phi) is 9.04. The SMILES string of the molecule is O=C(O)C(OCCCCCc1ccc(Sc2ccccc2)cc1)C(O)(C(=O)O)C(=O)O. The molecular formula is C22H24O8S. The first kappa shape index (κ1) is 24.4. The number of carboxylic acids is 3. The highest BCUT2D eigenvalue weighted by molar-refractivity contribution is 7.99. The zero-order valence-electron chi connectivity index (χ0n) is 16.6. The fraction of sp³-hybridized carbons (Fsp3) is 0.318. The molecular weight excluding hydrogens is 424 g/mol. The van der Waals surface area contributed by atoms with Gasteiger partial charge in [-0.2, -0.15) is 0 Å². The van der Waals surface area contributed by atoms with Gasteiger partial charge in [0.2, 0.25) is 6.10 Å². The average molecular weight is 448 g/mol. The van der Waals surface area contributed by atoms with E-state index in [0.717, 1.165) is 28.2 Å². The van der Waals surface area contributed by atoms with Crippen LogP contribution < -0.4 is 0 Å². The van der Waals surface area contributed by atoms with Gasteiger partial charge >= 0.3 is 17.9 Å². The number of benzene rings is 2. The van der Waals surface area contributed by atoms with Crippen LogP contribution in [0.4, 0.5) is 0 Å². The summed E-state index contributed by atoms with van der Waals surface area (Å²) in [4.78, 5) is 35.6. The van der Waals surface area contributed by atoms with E-state index in [1.165, 1.54) is 0 Å². The summed E-state index contributed by atoms with van der Waals surface area (Å²) < 4.78 is 4.90. The van der Waals surface area contributed by atoms with Crippen molar-refractivity contribution >= 4 is 29.7 Å². The van der Waals surface area contributed by atoms with Gasteiger partial charge in [0.1, 0.15) is 0 Å². The predicted octanol–water partition coefficient (Wildman–Crippen LogP) is 2.92. The number of aliphatic carboxylic acids is 3. The summed E-state index contributed by atoms with van der Waals surface area (Å²) in [6.45, 7) is -0.188. The second-order valence-electron chi connectivity index (χ2n) is 6.84. The molecule has 9 heteroatoms. The van der Waals surface area contributed by atoms with Gasteiger partial charge in [0.25, 0.3) is 5.60 Å². The zero-order chi connectivity index (χ0) is 22.9. The van der Waals surface area contributed by atoms with Crippen molar-refractivity contribution in [2.45, 2.75) is 47.2 Å². The lowest BCUT2D eigenvalue weighted by Gasteiger charge is -2.25. The maximum Gasteiger partial charge on any atom is 0.351 e. The largest absolute Gasteiger partial charge is 0.479 e. The maximum absolute atomic E-state index is 11.2. The lowest BCUT2D eigenvalue weighted by atomic mass is 9.97. The van der Waals surface area contributed by atoms with Crippen molar-refractivity contribution in [1.29, 1.82) is 0 Å². The minimum absolute atomic E-state index is 0.188. The minimum atomic E-state index is -3.55. The number of aryl methyl sites for hydroxylation is 1. The summed E-state index contributed by atoms with van der Waals surface area (Å²) in [7, 11) is 0. The van der Waals surface area contributed by atoms with Gasteiger partial charge in [-0.15, -0.1) is 0 Å². The molecule has 0 radical (unpaired) electrons. The van der Waals surface area contributed by atoms with Crippen molar-refractivity contribution in [1.82, 2.24) is 0 Å². The summed E-state index contributed by atoms with van der Waals surface area (Å²) >= 11 is 1.67. The third-order valence-corrected chi connectivity index (χ3v) is 5.57. The topological polar surface area (TPSA) is 141 Å². The van der Waals surface area contributed by atoms with E-state index in [4.69, 9.17) is 20.1 Å². The molecule has 2 rings (SSSR count). The van der Waals surface area contributed by atoms with Crippen LogP contribution in [0.15, 0.2) is 64.4 Å². The molecule has 4 N–H and O–H groups in total. The van der Waals surface area contributed by atoms with E-state index in [0.29, 0.717) is 12.8 Å². The molecule has 2 aromatic rings. The summed E-state index contributed by atoms with van der Waals surface area (Å²) in [5.41, 5.74) is -2.40.